The minimum Gasteiger partial charge on any atom is -0.619 e. The number of hydrogen-bond acceptors (Lipinski definition) is 3. The van der Waals surface area contributed by atoms with E-state index in [2.05, 4.69) is 11.8 Å². The number of rotatable bonds is 6. The van der Waals surface area contributed by atoms with E-state index in [4.69, 9.17) is 4.74 Å². The Hall–Kier alpha value is -2.07. The number of nitrogens with zero attached hydrogens (tertiary/aromatic N) is 2. The lowest BCUT2D eigenvalue weighted by Gasteiger charge is -2.30. The molecule has 1 aliphatic rings. The Labute approximate surface area is 150 Å². The first-order chi connectivity index (χ1) is 12.1. The van der Waals surface area contributed by atoms with Crippen molar-refractivity contribution < 1.29 is 9.47 Å². The van der Waals surface area contributed by atoms with Crippen LogP contribution < -0.4 is 9.47 Å². The van der Waals surface area contributed by atoms with Gasteiger partial charge in [0.1, 0.15) is 5.75 Å². The van der Waals surface area contributed by atoms with E-state index >= 15 is 0 Å². The highest BCUT2D eigenvalue weighted by Crippen LogP contribution is 2.22. The molecule has 1 saturated heterocycles. The average Bonchev–Trinajstić information content (AvgIpc) is 2.62. The van der Waals surface area contributed by atoms with Crippen molar-refractivity contribution in [1.82, 2.24) is 4.90 Å². The SMILES string of the molecule is Cc1cc(-c2ccc(OCCCN3CCC[C@H](C)C3)cc2)cc[n+]1[O-]. The van der Waals surface area contributed by atoms with E-state index in [1.54, 1.807) is 6.20 Å². The first kappa shape index (κ1) is 17.7. The number of likely N-dealkylation sites (tertiary alicyclic amines) is 1. The van der Waals surface area contributed by atoms with Gasteiger partial charge in [-0.2, -0.15) is 4.73 Å². The van der Waals surface area contributed by atoms with Gasteiger partial charge in [0.05, 0.1) is 6.61 Å². The number of ether oxygens (including phenoxy) is 1. The molecule has 0 spiro atoms. The number of benzene rings is 1. The van der Waals surface area contributed by atoms with Crippen molar-refractivity contribution in [2.24, 2.45) is 5.92 Å². The molecule has 0 bridgehead atoms. The van der Waals surface area contributed by atoms with E-state index in [9.17, 15) is 5.21 Å². The van der Waals surface area contributed by atoms with Gasteiger partial charge in [0.2, 0.25) is 0 Å². The second kappa shape index (κ2) is 8.34. The summed E-state index contributed by atoms with van der Waals surface area (Å²) < 4.78 is 6.76. The summed E-state index contributed by atoms with van der Waals surface area (Å²) in [5, 5.41) is 11.4. The van der Waals surface area contributed by atoms with Crippen LogP contribution in [0, 0.1) is 18.0 Å². The largest absolute Gasteiger partial charge is 0.619 e. The molecule has 0 aliphatic carbocycles. The summed E-state index contributed by atoms with van der Waals surface area (Å²) in [5.74, 6) is 1.74. The highest BCUT2D eigenvalue weighted by atomic mass is 16.5. The molecule has 4 nitrogen and oxygen atoms in total. The minimum absolute atomic E-state index is 0.699. The molecular formula is C21H28N2O2. The molecule has 0 amide bonds. The molecule has 0 radical (unpaired) electrons. The van der Waals surface area contributed by atoms with E-state index < -0.39 is 0 Å². The summed E-state index contributed by atoms with van der Waals surface area (Å²) in [5.41, 5.74) is 2.85. The molecule has 2 heterocycles. The van der Waals surface area contributed by atoms with Gasteiger partial charge in [-0.05, 0) is 55.0 Å². The molecule has 1 atom stereocenters. The van der Waals surface area contributed by atoms with E-state index in [-0.39, 0.29) is 0 Å². The molecule has 1 aromatic carbocycles. The third-order valence-corrected chi connectivity index (χ3v) is 4.92. The maximum Gasteiger partial charge on any atom is 0.190 e. The van der Waals surface area contributed by atoms with Crippen LogP contribution in [0.5, 0.6) is 5.75 Å². The van der Waals surface area contributed by atoms with Gasteiger partial charge >= 0.3 is 0 Å². The Morgan fingerprint density at radius 1 is 1.20 bits per heavy atom. The van der Waals surface area contributed by atoms with Crippen LogP contribution in [0.25, 0.3) is 11.1 Å². The second-order valence-corrected chi connectivity index (χ2v) is 7.16. The monoisotopic (exact) mass is 340 g/mol. The molecule has 0 unspecified atom stereocenters. The summed E-state index contributed by atoms with van der Waals surface area (Å²) in [7, 11) is 0. The van der Waals surface area contributed by atoms with Crippen molar-refractivity contribution in [1.29, 1.82) is 0 Å². The highest BCUT2D eigenvalue weighted by Gasteiger charge is 2.15. The van der Waals surface area contributed by atoms with Gasteiger partial charge in [0, 0.05) is 32.1 Å². The molecule has 0 saturated carbocycles. The summed E-state index contributed by atoms with van der Waals surface area (Å²) in [6.45, 7) is 8.51. The van der Waals surface area contributed by atoms with Gasteiger partial charge in [0.15, 0.2) is 11.9 Å². The van der Waals surface area contributed by atoms with Crippen molar-refractivity contribution in [3.05, 3.63) is 53.5 Å². The maximum absolute atomic E-state index is 11.4. The topological polar surface area (TPSA) is 39.4 Å². The number of aryl methyl sites for hydroxylation is 1. The maximum atomic E-state index is 11.4. The van der Waals surface area contributed by atoms with Crippen LogP contribution in [0.3, 0.4) is 0 Å². The zero-order chi connectivity index (χ0) is 17.6. The third-order valence-electron chi connectivity index (χ3n) is 4.92. The van der Waals surface area contributed by atoms with E-state index in [1.807, 2.05) is 43.3 Å². The fourth-order valence-corrected chi connectivity index (χ4v) is 3.49. The molecule has 2 aromatic rings. The van der Waals surface area contributed by atoms with E-state index in [0.717, 1.165) is 47.1 Å². The Morgan fingerprint density at radius 3 is 2.72 bits per heavy atom. The summed E-state index contributed by atoms with van der Waals surface area (Å²) in [4.78, 5) is 2.56. The Bertz CT molecular complexity index is 685. The molecule has 4 heteroatoms. The van der Waals surface area contributed by atoms with E-state index in [0.29, 0.717) is 5.69 Å². The first-order valence-electron chi connectivity index (χ1n) is 9.27. The van der Waals surface area contributed by atoms with Gasteiger partial charge in [-0.15, -0.1) is 0 Å². The van der Waals surface area contributed by atoms with Crippen LogP contribution in [0.1, 0.15) is 31.9 Å². The first-order valence-corrected chi connectivity index (χ1v) is 9.27. The third kappa shape index (κ3) is 4.95. The number of hydrogen-bond donors (Lipinski definition) is 0. The van der Waals surface area contributed by atoms with Crippen LogP contribution in [-0.4, -0.2) is 31.1 Å². The molecule has 134 valence electrons. The Morgan fingerprint density at radius 2 is 2.00 bits per heavy atom. The fourth-order valence-electron chi connectivity index (χ4n) is 3.49. The van der Waals surface area contributed by atoms with Crippen molar-refractivity contribution >= 4 is 0 Å². The number of aromatic nitrogens is 1. The summed E-state index contributed by atoms with van der Waals surface area (Å²) in [6, 6.07) is 11.9. The summed E-state index contributed by atoms with van der Waals surface area (Å²) in [6.07, 6.45) is 5.32. The smallest absolute Gasteiger partial charge is 0.190 e. The second-order valence-electron chi connectivity index (χ2n) is 7.16. The molecule has 25 heavy (non-hydrogen) atoms. The predicted octanol–water partition coefficient (Wildman–Crippen LogP) is 3.80. The van der Waals surface area contributed by atoms with E-state index in [1.165, 1.54) is 25.9 Å². The Balaban J connectivity index is 1.47. The molecular weight excluding hydrogens is 312 g/mol. The van der Waals surface area contributed by atoms with Crippen LogP contribution in [0.4, 0.5) is 0 Å². The van der Waals surface area contributed by atoms with Gasteiger partial charge in [-0.25, -0.2) is 0 Å². The van der Waals surface area contributed by atoms with Crippen LogP contribution in [0.2, 0.25) is 0 Å². The van der Waals surface area contributed by atoms with Crippen molar-refractivity contribution in [3.63, 3.8) is 0 Å². The summed E-state index contributed by atoms with van der Waals surface area (Å²) >= 11 is 0. The van der Waals surface area contributed by atoms with Gasteiger partial charge in [-0.3, -0.25) is 0 Å². The average molecular weight is 340 g/mol. The number of piperidine rings is 1. The zero-order valence-electron chi connectivity index (χ0n) is 15.3. The van der Waals surface area contributed by atoms with Crippen molar-refractivity contribution in [2.45, 2.75) is 33.1 Å². The standard InChI is InChI=1S/C21H28N2O2/c1-17-5-3-11-22(16-17)12-4-14-25-21-8-6-19(7-9-21)20-10-13-23(24)18(2)15-20/h6-10,13,15,17H,3-5,11-12,14,16H2,1-2H3/t17-/m0/s1. The lowest BCUT2D eigenvalue weighted by atomic mass is 10.0. The lowest BCUT2D eigenvalue weighted by molar-refractivity contribution is -0.612. The van der Waals surface area contributed by atoms with Gasteiger partial charge in [0.25, 0.3) is 0 Å². The van der Waals surface area contributed by atoms with Crippen molar-refractivity contribution in [2.75, 3.05) is 26.2 Å². The van der Waals surface area contributed by atoms with Crippen LogP contribution in [-0.2, 0) is 0 Å². The van der Waals surface area contributed by atoms with Crippen molar-refractivity contribution in [3.8, 4) is 16.9 Å². The predicted molar refractivity (Wildman–Crippen MR) is 101 cm³/mol. The quantitative estimate of drug-likeness (QED) is 0.456. The molecule has 1 aliphatic heterocycles. The van der Waals surface area contributed by atoms with Crippen LogP contribution >= 0.6 is 0 Å². The normalized spacial score (nSPS) is 18.2. The van der Waals surface area contributed by atoms with Gasteiger partial charge < -0.3 is 14.8 Å². The lowest BCUT2D eigenvalue weighted by Crippen LogP contribution is -2.35. The van der Waals surface area contributed by atoms with Crippen LogP contribution in [0.15, 0.2) is 42.6 Å². The highest BCUT2D eigenvalue weighted by molar-refractivity contribution is 5.63. The van der Waals surface area contributed by atoms with Gasteiger partial charge in [-0.1, -0.05) is 19.1 Å². The molecule has 0 N–H and O–H groups in total. The molecule has 1 aromatic heterocycles. The zero-order valence-corrected chi connectivity index (χ0v) is 15.3. The molecule has 3 rings (SSSR count). The minimum atomic E-state index is 0.699. The number of pyridine rings is 1. The Kier molecular flexibility index (Phi) is 5.92. The fraction of sp³-hybridized carbons (Fsp3) is 0.476. The molecule has 1 fully saturated rings.